The van der Waals surface area contributed by atoms with Gasteiger partial charge >= 0.3 is 0 Å². The van der Waals surface area contributed by atoms with E-state index in [4.69, 9.17) is 0 Å². The monoisotopic (exact) mass is 378 g/mol. The van der Waals surface area contributed by atoms with Crippen molar-refractivity contribution in [3.05, 3.63) is 70.8 Å². The summed E-state index contributed by atoms with van der Waals surface area (Å²) >= 11 is 0. The number of rotatable bonds is 6. The zero-order valence-corrected chi connectivity index (χ0v) is 17.2. The molecule has 2 aromatic rings. The molecule has 1 fully saturated rings. The number of carbonyl (C=O) groups excluding carboxylic acids is 1. The van der Waals surface area contributed by atoms with E-state index in [2.05, 4.69) is 46.8 Å². The molecule has 5 nitrogen and oxygen atoms in total. The van der Waals surface area contributed by atoms with Gasteiger partial charge in [0.05, 0.1) is 0 Å². The van der Waals surface area contributed by atoms with Crippen LogP contribution in [0.3, 0.4) is 0 Å². The van der Waals surface area contributed by atoms with Crippen LogP contribution in [0.1, 0.15) is 39.9 Å². The number of carbonyl (C=O) groups is 1. The Balaban J connectivity index is 1.54. The molecule has 1 aliphatic rings. The van der Waals surface area contributed by atoms with Crippen LogP contribution in [0.15, 0.2) is 53.5 Å². The maximum atomic E-state index is 12.0. The Morgan fingerprint density at radius 3 is 2.32 bits per heavy atom. The van der Waals surface area contributed by atoms with Gasteiger partial charge in [-0.25, -0.2) is 0 Å². The predicted octanol–water partition coefficient (Wildman–Crippen LogP) is 3.09. The molecule has 0 saturated heterocycles. The molecule has 28 heavy (non-hydrogen) atoms. The molecule has 1 amide bonds. The Morgan fingerprint density at radius 1 is 1.07 bits per heavy atom. The number of hydrogen-bond acceptors (Lipinski definition) is 2. The molecule has 0 radical (unpaired) electrons. The molecule has 0 aliphatic heterocycles. The third kappa shape index (κ3) is 4.53. The maximum Gasteiger partial charge on any atom is 0.253 e. The summed E-state index contributed by atoms with van der Waals surface area (Å²) in [4.78, 5) is 17.9. The molecule has 0 unspecified atom stereocenters. The standard InChI is InChI=1S/C23H30N4O/c1-17-7-5-6-8-20(17)23(13-14-23)16-26-22(24-2)25-15-18-9-11-19(12-10-18)21(28)27(3)4/h5-12H,13-16H2,1-4H3,(H2,24,25,26). The molecule has 0 spiro atoms. The van der Waals surface area contributed by atoms with Crippen LogP contribution < -0.4 is 10.6 Å². The fourth-order valence-electron chi connectivity index (χ4n) is 3.54. The first kappa shape index (κ1) is 19.9. The van der Waals surface area contributed by atoms with E-state index < -0.39 is 0 Å². The van der Waals surface area contributed by atoms with Crippen LogP contribution in [0.4, 0.5) is 0 Å². The number of benzene rings is 2. The first-order valence-corrected chi connectivity index (χ1v) is 9.76. The number of guanidine groups is 1. The average molecular weight is 379 g/mol. The molecule has 148 valence electrons. The van der Waals surface area contributed by atoms with E-state index >= 15 is 0 Å². The third-order valence-corrected chi connectivity index (χ3v) is 5.45. The lowest BCUT2D eigenvalue weighted by atomic mass is 9.92. The normalized spacial score (nSPS) is 15.1. The van der Waals surface area contributed by atoms with Crippen LogP contribution in [0.5, 0.6) is 0 Å². The SMILES string of the molecule is CN=C(NCc1ccc(C(=O)N(C)C)cc1)NCC1(c2ccccc2C)CC1. The highest BCUT2D eigenvalue weighted by molar-refractivity contribution is 5.93. The zero-order valence-electron chi connectivity index (χ0n) is 17.2. The van der Waals surface area contributed by atoms with Crippen molar-refractivity contribution in [3.63, 3.8) is 0 Å². The van der Waals surface area contributed by atoms with Crippen molar-refractivity contribution < 1.29 is 4.79 Å². The van der Waals surface area contributed by atoms with Crippen LogP contribution >= 0.6 is 0 Å². The Kier molecular flexibility index (Phi) is 6.02. The predicted molar refractivity (Wildman–Crippen MR) is 115 cm³/mol. The van der Waals surface area contributed by atoms with Gasteiger partial charge in [-0.1, -0.05) is 36.4 Å². The van der Waals surface area contributed by atoms with Crippen LogP contribution in [0.2, 0.25) is 0 Å². The lowest BCUT2D eigenvalue weighted by molar-refractivity contribution is 0.0827. The summed E-state index contributed by atoms with van der Waals surface area (Å²) < 4.78 is 0. The minimum Gasteiger partial charge on any atom is -0.356 e. The second kappa shape index (κ2) is 8.46. The fourth-order valence-corrected chi connectivity index (χ4v) is 3.54. The van der Waals surface area contributed by atoms with Crippen molar-refractivity contribution in [1.82, 2.24) is 15.5 Å². The molecule has 3 rings (SSSR count). The molecular weight excluding hydrogens is 348 g/mol. The number of nitrogens with zero attached hydrogens (tertiary/aromatic N) is 2. The summed E-state index contributed by atoms with van der Waals surface area (Å²) in [6, 6.07) is 16.4. The molecular formula is C23H30N4O. The van der Waals surface area contributed by atoms with E-state index in [-0.39, 0.29) is 11.3 Å². The number of aryl methyl sites for hydroxylation is 1. The second-order valence-corrected chi connectivity index (χ2v) is 7.77. The summed E-state index contributed by atoms with van der Waals surface area (Å²) in [6.45, 7) is 3.73. The van der Waals surface area contributed by atoms with E-state index in [1.165, 1.54) is 24.0 Å². The van der Waals surface area contributed by atoms with Gasteiger partial charge in [0, 0.05) is 45.2 Å². The van der Waals surface area contributed by atoms with Crippen LogP contribution in [-0.4, -0.2) is 44.5 Å². The third-order valence-electron chi connectivity index (χ3n) is 5.45. The molecule has 0 aromatic heterocycles. The molecule has 1 aliphatic carbocycles. The number of aliphatic imine (C=N–C) groups is 1. The van der Waals surface area contributed by atoms with Gasteiger partial charge in [-0.2, -0.15) is 0 Å². The van der Waals surface area contributed by atoms with Gasteiger partial charge < -0.3 is 15.5 Å². The number of nitrogens with one attached hydrogen (secondary N) is 2. The van der Waals surface area contributed by atoms with Crippen molar-refractivity contribution >= 4 is 11.9 Å². The maximum absolute atomic E-state index is 12.0. The van der Waals surface area contributed by atoms with Gasteiger partial charge in [0.1, 0.15) is 0 Å². The largest absolute Gasteiger partial charge is 0.356 e. The first-order chi connectivity index (χ1) is 13.4. The Labute approximate surface area is 167 Å². The van der Waals surface area contributed by atoms with Gasteiger partial charge in [-0.15, -0.1) is 0 Å². The highest BCUT2D eigenvalue weighted by Gasteiger charge is 2.44. The number of hydrogen-bond donors (Lipinski definition) is 2. The molecule has 0 atom stereocenters. The van der Waals surface area contributed by atoms with Gasteiger partial charge in [0.2, 0.25) is 0 Å². The minimum absolute atomic E-state index is 0.0166. The molecule has 1 saturated carbocycles. The van der Waals surface area contributed by atoms with Gasteiger partial charge in [0.25, 0.3) is 5.91 Å². The summed E-state index contributed by atoms with van der Waals surface area (Å²) in [5.41, 5.74) is 4.84. The fraction of sp³-hybridized carbons (Fsp3) is 0.391. The van der Waals surface area contributed by atoms with Crippen molar-refractivity contribution in [2.24, 2.45) is 4.99 Å². The van der Waals surface area contributed by atoms with Gasteiger partial charge in [-0.3, -0.25) is 9.79 Å². The van der Waals surface area contributed by atoms with Crippen molar-refractivity contribution in [2.75, 3.05) is 27.7 Å². The summed E-state index contributed by atoms with van der Waals surface area (Å²) in [7, 11) is 5.32. The van der Waals surface area contributed by atoms with E-state index in [0.29, 0.717) is 12.1 Å². The smallest absolute Gasteiger partial charge is 0.253 e. The van der Waals surface area contributed by atoms with Crippen molar-refractivity contribution in [1.29, 1.82) is 0 Å². The summed E-state index contributed by atoms with van der Waals surface area (Å²) in [5.74, 6) is 0.816. The highest BCUT2D eigenvalue weighted by Crippen LogP contribution is 2.48. The Morgan fingerprint density at radius 2 is 1.75 bits per heavy atom. The Hall–Kier alpha value is -2.82. The van der Waals surface area contributed by atoms with E-state index in [1.807, 2.05) is 24.3 Å². The molecule has 0 bridgehead atoms. The first-order valence-electron chi connectivity index (χ1n) is 9.76. The topological polar surface area (TPSA) is 56.7 Å². The molecule has 2 N–H and O–H groups in total. The second-order valence-electron chi connectivity index (χ2n) is 7.77. The van der Waals surface area contributed by atoms with Crippen molar-refractivity contribution in [2.45, 2.75) is 31.7 Å². The number of amides is 1. The summed E-state index contributed by atoms with van der Waals surface area (Å²) in [6.07, 6.45) is 2.42. The van der Waals surface area contributed by atoms with Gasteiger partial charge in [-0.05, 0) is 48.6 Å². The Bertz CT molecular complexity index is 851. The summed E-state index contributed by atoms with van der Waals surface area (Å²) in [5, 5.41) is 6.86. The quantitative estimate of drug-likeness (QED) is 0.600. The minimum atomic E-state index is 0.0166. The lowest BCUT2D eigenvalue weighted by Gasteiger charge is -2.21. The van der Waals surface area contributed by atoms with Crippen LogP contribution in [-0.2, 0) is 12.0 Å². The van der Waals surface area contributed by atoms with Crippen LogP contribution in [0, 0.1) is 6.92 Å². The zero-order chi connectivity index (χ0) is 20.1. The van der Waals surface area contributed by atoms with Crippen LogP contribution in [0.25, 0.3) is 0 Å². The van der Waals surface area contributed by atoms with E-state index in [9.17, 15) is 4.79 Å². The highest BCUT2D eigenvalue weighted by atomic mass is 16.2. The molecule has 0 heterocycles. The van der Waals surface area contributed by atoms with E-state index in [0.717, 1.165) is 18.1 Å². The molecule has 5 heteroatoms. The van der Waals surface area contributed by atoms with E-state index in [1.54, 1.807) is 26.0 Å². The lowest BCUT2D eigenvalue weighted by Crippen LogP contribution is -2.41. The average Bonchev–Trinajstić information content (AvgIpc) is 3.49. The van der Waals surface area contributed by atoms with Gasteiger partial charge in [0.15, 0.2) is 5.96 Å². The van der Waals surface area contributed by atoms with Crippen molar-refractivity contribution in [3.8, 4) is 0 Å². The molecule has 2 aromatic carbocycles.